The Morgan fingerprint density at radius 3 is 1.07 bits per heavy atom. The van der Waals surface area contributed by atoms with Gasteiger partial charge in [-0.3, -0.25) is 19.4 Å². The molecule has 8 aromatic carbocycles. The van der Waals surface area contributed by atoms with E-state index in [0.717, 1.165) is 56.3 Å². The van der Waals surface area contributed by atoms with Gasteiger partial charge in [0.15, 0.2) is 0 Å². The van der Waals surface area contributed by atoms with Crippen LogP contribution in [0.2, 0.25) is 0 Å². The summed E-state index contributed by atoms with van der Waals surface area (Å²) in [7, 11) is 0. The lowest BCUT2D eigenvalue weighted by Crippen LogP contribution is -2.46. The van der Waals surface area contributed by atoms with E-state index < -0.39 is 17.2 Å². The second kappa shape index (κ2) is 20.1. The Hall–Kier alpha value is -8.26. The fourth-order valence-electron chi connectivity index (χ4n) is 10.8. The largest absolute Gasteiger partial charge is 0.491 e. The van der Waals surface area contributed by atoms with Gasteiger partial charge in [-0.05, 0) is 118 Å². The lowest BCUT2D eigenvalue weighted by Gasteiger charge is -2.40. The number of carbonyl (C=O) groups excluding carboxylic acids is 2. The molecular formula is C64H54N2O10. The summed E-state index contributed by atoms with van der Waals surface area (Å²) in [5, 5.41) is 0. The van der Waals surface area contributed by atoms with E-state index in [1.54, 1.807) is 0 Å². The number of carbonyl (C=O) groups is 2. The van der Waals surface area contributed by atoms with Gasteiger partial charge in [0.05, 0.1) is 26.4 Å². The second-order valence-corrected chi connectivity index (χ2v) is 19.6. The predicted octanol–water partition coefficient (Wildman–Crippen LogP) is 10.4. The van der Waals surface area contributed by atoms with Crippen molar-refractivity contribution in [2.45, 2.75) is 35.5 Å². The van der Waals surface area contributed by atoms with Gasteiger partial charge >= 0.3 is 0 Å². The van der Waals surface area contributed by atoms with Gasteiger partial charge in [0.2, 0.25) is 0 Å². The molecule has 0 bridgehead atoms. The third-order valence-corrected chi connectivity index (χ3v) is 14.8. The van der Waals surface area contributed by atoms with Gasteiger partial charge in [-0.25, -0.2) is 0 Å². The molecule has 5 atom stereocenters. The van der Waals surface area contributed by atoms with E-state index in [0.29, 0.717) is 62.3 Å². The number of hydrogen-bond acceptors (Lipinski definition) is 10. The van der Waals surface area contributed by atoms with Crippen LogP contribution in [0.4, 0.5) is 11.4 Å². The maximum atomic E-state index is 14.7. The Labute approximate surface area is 440 Å². The highest BCUT2D eigenvalue weighted by molar-refractivity contribution is 6.14. The highest BCUT2D eigenvalue weighted by Crippen LogP contribution is 2.53. The molecule has 13 rings (SSSR count). The summed E-state index contributed by atoms with van der Waals surface area (Å²) in [5.41, 5.74) is 6.11. The fourth-order valence-corrected chi connectivity index (χ4v) is 10.8. The first-order valence-corrected chi connectivity index (χ1v) is 25.8. The molecule has 3 fully saturated rings. The summed E-state index contributed by atoms with van der Waals surface area (Å²) in [5.74, 6) is 2.54. The summed E-state index contributed by atoms with van der Waals surface area (Å²) in [6.07, 6.45) is -0.176. The number of epoxide rings is 3. The highest BCUT2D eigenvalue weighted by atomic mass is 16.6. The van der Waals surface area contributed by atoms with Crippen molar-refractivity contribution < 1.29 is 47.5 Å². The molecule has 5 heterocycles. The molecule has 8 aromatic rings. The third kappa shape index (κ3) is 8.92. The normalized spacial score (nSPS) is 22.1. The number of para-hydroxylation sites is 2. The van der Waals surface area contributed by atoms with Crippen LogP contribution in [0, 0.1) is 0 Å². The van der Waals surface area contributed by atoms with Crippen molar-refractivity contribution in [3.63, 3.8) is 0 Å². The van der Waals surface area contributed by atoms with Gasteiger partial charge in [-0.1, -0.05) is 121 Å². The third-order valence-electron chi connectivity index (χ3n) is 14.8. The number of rotatable bonds is 21. The van der Waals surface area contributed by atoms with Crippen LogP contribution in [0.25, 0.3) is 0 Å². The second-order valence-electron chi connectivity index (χ2n) is 19.6. The van der Waals surface area contributed by atoms with E-state index in [2.05, 4.69) is 0 Å². The van der Waals surface area contributed by atoms with E-state index in [9.17, 15) is 9.59 Å². The lowest BCUT2D eigenvalue weighted by atomic mass is 9.76. The molecule has 0 aromatic heterocycles. The molecule has 5 aliphatic heterocycles. The number of anilines is 2. The smallest absolute Gasteiger partial charge is 0.260 e. The van der Waals surface area contributed by atoms with Crippen LogP contribution in [-0.2, 0) is 30.0 Å². The molecule has 12 nitrogen and oxygen atoms in total. The summed E-state index contributed by atoms with van der Waals surface area (Å²) in [6, 6.07) is 67.3. The van der Waals surface area contributed by atoms with Crippen LogP contribution in [-0.4, -0.2) is 89.1 Å². The minimum absolute atomic E-state index is 0.0308. The summed E-state index contributed by atoms with van der Waals surface area (Å²) >= 11 is 0. The van der Waals surface area contributed by atoms with E-state index in [1.165, 1.54) is 0 Å². The number of fused-ring (bicyclic) bond motifs is 2. The first kappa shape index (κ1) is 47.5. The van der Waals surface area contributed by atoms with Gasteiger partial charge < -0.3 is 37.9 Å². The van der Waals surface area contributed by atoms with Gasteiger partial charge in [0.25, 0.3) is 11.8 Å². The summed E-state index contributed by atoms with van der Waals surface area (Å²) in [6.45, 7) is 3.84. The monoisotopic (exact) mass is 1010 g/mol. The summed E-state index contributed by atoms with van der Waals surface area (Å²) < 4.78 is 47.8. The molecule has 3 saturated heterocycles. The Morgan fingerprint density at radius 2 is 0.711 bits per heavy atom. The van der Waals surface area contributed by atoms with Gasteiger partial charge in [-0.15, -0.1) is 0 Å². The maximum absolute atomic E-state index is 14.7. The van der Waals surface area contributed by atoms with Crippen LogP contribution in [0.15, 0.2) is 206 Å². The van der Waals surface area contributed by atoms with Crippen molar-refractivity contribution in [1.82, 2.24) is 0 Å². The van der Waals surface area contributed by atoms with Crippen molar-refractivity contribution in [2.24, 2.45) is 0 Å². The van der Waals surface area contributed by atoms with Crippen LogP contribution in [0.1, 0.15) is 54.1 Å². The molecule has 0 aliphatic carbocycles. The molecule has 2 amide bonds. The fraction of sp³-hybridized carbons (Fsp3) is 0.219. The maximum Gasteiger partial charge on any atom is 0.260 e. The first-order chi connectivity index (χ1) is 37.5. The molecule has 5 aliphatic rings. The van der Waals surface area contributed by atoms with E-state index in [-0.39, 0.29) is 43.3 Å². The average molecular weight is 1010 g/mol. The van der Waals surface area contributed by atoms with Crippen LogP contribution < -0.4 is 28.7 Å². The molecule has 12 heteroatoms. The number of nitrogens with zero attached hydrogens (tertiary/aromatic N) is 2. The quantitative estimate of drug-likeness (QED) is 0.0643. The first-order valence-electron chi connectivity index (χ1n) is 25.8. The zero-order chi connectivity index (χ0) is 51.1. The van der Waals surface area contributed by atoms with E-state index in [1.807, 2.05) is 216 Å². The number of benzene rings is 8. The average Bonchev–Trinajstić information content (AvgIpc) is 4.43. The van der Waals surface area contributed by atoms with E-state index >= 15 is 0 Å². The number of ether oxygens (including phenoxy) is 8. The molecule has 0 N–H and O–H groups in total. The van der Waals surface area contributed by atoms with Crippen molar-refractivity contribution in [1.29, 1.82) is 0 Å². The molecular weight excluding hydrogens is 957 g/mol. The minimum Gasteiger partial charge on any atom is -0.491 e. The predicted molar refractivity (Wildman–Crippen MR) is 286 cm³/mol. The zero-order valence-electron chi connectivity index (χ0n) is 41.6. The molecule has 76 heavy (non-hydrogen) atoms. The van der Waals surface area contributed by atoms with Crippen LogP contribution in [0.5, 0.6) is 23.0 Å². The van der Waals surface area contributed by atoms with Crippen molar-refractivity contribution in [2.75, 3.05) is 62.7 Å². The molecule has 380 valence electrons. The molecule has 0 radical (unpaired) electrons. The lowest BCUT2D eigenvalue weighted by molar-refractivity contribution is -0.0131. The van der Waals surface area contributed by atoms with E-state index in [4.69, 9.17) is 37.9 Å². The van der Waals surface area contributed by atoms with Gasteiger partial charge in [0, 0.05) is 22.5 Å². The Balaban J connectivity index is 0.772. The molecule has 5 unspecified atom stereocenters. The van der Waals surface area contributed by atoms with Crippen molar-refractivity contribution in [3.8, 4) is 23.0 Å². The number of amides is 2. The molecule has 0 spiro atoms. The number of hydrogen-bond donors (Lipinski definition) is 0. The zero-order valence-corrected chi connectivity index (χ0v) is 41.6. The van der Waals surface area contributed by atoms with Crippen molar-refractivity contribution >= 4 is 23.2 Å². The van der Waals surface area contributed by atoms with Crippen LogP contribution in [0.3, 0.4) is 0 Å². The minimum atomic E-state index is -1.02. The van der Waals surface area contributed by atoms with Crippen LogP contribution >= 0.6 is 0 Å². The Bertz CT molecular complexity index is 3130. The standard InChI is InChI=1S/C64H54N2O10/c67-61-57-15-7-9-17-59(57)63(65(61)47-11-3-1-4-12-47,45-23-31-51(32-24-45)71-37-54-39-74-54)43-19-27-49(28-20-43)69-35-53(73-41-56-42-76-56)36-70-50-29-21-44(22-30-50)64(46-25-33-52(34-26-46)72-38-55-40-75-55)60-18-10-8-16-58(60)62(68)66(64)48-13-5-2-6-14-48/h1-34,53-56H,35-42H2. The highest BCUT2D eigenvalue weighted by Gasteiger charge is 2.54. The van der Waals surface area contributed by atoms with Gasteiger partial charge in [-0.2, -0.15) is 0 Å². The topological polar surface area (TPSA) is 124 Å². The van der Waals surface area contributed by atoms with Crippen molar-refractivity contribution in [3.05, 3.63) is 251 Å². The molecule has 0 saturated carbocycles. The SMILES string of the molecule is O=C1c2ccccc2C(c2ccc(OCC(COc3ccc(C4(c5ccc(OCC6CO6)cc5)c5ccccc5C(=O)N4c4ccccc4)cc3)OCC3CO3)cc2)(c2ccc(OCC3CO3)cc2)N1c1ccccc1. The van der Waals surface area contributed by atoms with Gasteiger partial charge in [0.1, 0.15) is 84.9 Å². The Morgan fingerprint density at radius 1 is 0.395 bits per heavy atom. The Kier molecular flexibility index (Phi) is 12.6. The summed E-state index contributed by atoms with van der Waals surface area (Å²) in [4.78, 5) is 33.1.